The van der Waals surface area contributed by atoms with Crippen LogP contribution in [0.25, 0.3) is 11.4 Å². The Morgan fingerprint density at radius 2 is 2.08 bits per heavy atom. The van der Waals surface area contributed by atoms with Gasteiger partial charge in [-0.3, -0.25) is 4.79 Å². The Bertz CT molecular complexity index is 962. The highest BCUT2D eigenvalue weighted by Crippen LogP contribution is 2.32. The van der Waals surface area contributed by atoms with E-state index in [2.05, 4.69) is 16.3 Å². The van der Waals surface area contributed by atoms with Crippen molar-refractivity contribution < 1.29 is 9.21 Å². The zero-order valence-electron chi connectivity index (χ0n) is 15.0. The van der Waals surface area contributed by atoms with Gasteiger partial charge in [0, 0.05) is 19.3 Å². The molecule has 0 aliphatic carbocycles. The van der Waals surface area contributed by atoms with Gasteiger partial charge in [0.2, 0.25) is 5.91 Å². The molecule has 0 radical (unpaired) electrons. The average Bonchev–Trinajstić information content (AvgIpc) is 3.34. The van der Waals surface area contributed by atoms with Crippen LogP contribution in [0, 0.1) is 6.92 Å². The number of rotatable bonds is 4. The van der Waals surface area contributed by atoms with Crippen LogP contribution in [0.1, 0.15) is 18.2 Å². The molecule has 0 saturated carbocycles. The summed E-state index contributed by atoms with van der Waals surface area (Å²) in [6, 6.07) is 9.97. The van der Waals surface area contributed by atoms with Crippen LogP contribution in [-0.4, -0.2) is 32.5 Å². The highest BCUT2D eigenvalue weighted by molar-refractivity contribution is 8.00. The van der Waals surface area contributed by atoms with Crippen molar-refractivity contribution >= 4 is 23.4 Å². The van der Waals surface area contributed by atoms with Gasteiger partial charge >= 0.3 is 0 Å². The quantitative estimate of drug-likeness (QED) is 0.660. The molecule has 7 heteroatoms. The normalized spacial score (nSPS) is 14.5. The number of amides is 1. The average molecular weight is 368 g/mol. The van der Waals surface area contributed by atoms with Gasteiger partial charge in [0.25, 0.3) is 0 Å². The van der Waals surface area contributed by atoms with E-state index in [4.69, 9.17) is 4.42 Å². The Labute approximate surface area is 156 Å². The van der Waals surface area contributed by atoms with E-state index >= 15 is 0 Å². The van der Waals surface area contributed by atoms with Crippen molar-refractivity contribution in [2.75, 3.05) is 11.4 Å². The van der Waals surface area contributed by atoms with Crippen molar-refractivity contribution in [2.24, 2.45) is 7.05 Å². The van der Waals surface area contributed by atoms with Gasteiger partial charge < -0.3 is 13.9 Å². The van der Waals surface area contributed by atoms with Gasteiger partial charge in [0.05, 0.1) is 17.1 Å². The molecule has 134 valence electrons. The van der Waals surface area contributed by atoms with Crippen molar-refractivity contribution in [1.29, 1.82) is 0 Å². The number of para-hydroxylation sites is 1. The monoisotopic (exact) mass is 368 g/mol. The largest absolute Gasteiger partial charge is 0.469 e. The summed E-state index contributed by atoms with van der Waals surface area (Å²) >= 11 is 1.43. The molecule has 1 atom stereocenters. The van der Waals surface area contributed by atoms with Gasteiger partial charge in [0.15, 0.2) is 11.0 Å². The Hall–Kier alpha value is -2.54. The molecule has 3 heterocycles. The van der Waals surface area contributed by atoms with E-state index in [0.29, 0.717) is 5.16 Å². The topological polar surface area (TPSA) is 64.2 Å². The summed E-state index contributed by atoms with van der Waals surface area (Å²) in [7, 11) is 1.91. The van der Waals surface area contributed by atoms with E-state index in [1.807, 2.05) is 54.6 Å². The van der Waals surface area contributed by atoms with Gasteiger partial charge in [-0.2, -0.15) is 0 Å². The van der Waals surface area contributed by atoms with Crippen molar-refractivity contribution in [1.82, 2.24) is 14.8 Å². The molecule has 1 aliphatic heterocycles. The van der Waals surface area contributed by atoms with Gasteiger partial charge in [-0.15, -0.1) is 10.2 Å². The molecule has 0 saturated heterocycles. The minimum absolute atomic E-state index is 0.101. The molecular formula is C19H20N4O2S. The Balaban J connectivity index is 1.52. The molecule has 1 aromatic carbocycles. The summed E-state index contributed by atoms with van der Waals surface area (Å²) in [5, 5.41) is 9.01. The van der Waals surface area contributed by atoms with Crippen LogP contribution in [0.3, 0.4) is 0 Å². The third kappa shape index (κ3) is 2.82. The lowest BCUT2D eigenvalue weighted by molar-refractivity contribution is -0.117. The van der Waals surface area contributed by atoms with Crippen molar-refractivity contribution in [3.05, 3.63) is 47.9 Å². The zero-order chi connectivity index (χ0) is 18.3. The SMILES string of the molecule is Cc1occc1-c1nnc(SC(C)C(=O)N2CCc3ccccc32)n1C. The van der Waals surface area contributed by atoms with Crippen molar-refractivity contribution in [2.45, 2.75) is 30.7 Å². The number of aryl methyl sites for hydroxylation is 1. The zero-order valence-corrected chi connectivity index (χ0v) is 15.8. The first-order chi connectivity index (χ1) is 12.6. The van der Waals surface area contributed by atoms with Crippen LogP contribution < -0.4 is 4.90 Å². The summed E-state index contributed by atoms with van der Waals surface area (Å²) in [5.41, 5.74) is 3.17. The second-order valence-corrected chi connectivity index (χ2v) is 7.69. The summed E-state index contributed by atoms with van der Waals surface area (Å²) in [5.74, 6) is 1.64. The highest BCUT2D eigenvalue weighted by atomic mass is 32.2. The van der Waals surface area contributed by atoms with E-state index in [9.17, 15) is 4.79 Å². The first-order valence-corrected chi connectivity index (χ1v) is 9.44. The van der Waals surface area contributed by atoms with Gasteiger partial charge in [-0.25, -0.2) is 0 Å². The number of anilines is 1. The minimum Gasteiger partial charge on any atom is -0.469 e. The highest BCUT2D eigenvalue weighted by Gasteiger charge is 2.29. The fourth-order valence-corrected chi connectivity index (χ4v) is 4.14. The molecule has 0 fully saturated rings. The fourth-order valence-electron chi connectivity index (χ4n) is 3.26. The number of nitrogens with zero attached hydrogens (tertiary/aromatic N) is 4. The predicted octanol–water partition coefficient (Wildman–Crippen LogP) is 3.45. The molecule has 1 unspecified atom stereocenters. The number of hydrogen-bond acceptors (Lipinski definition) is 5. The number of carbonyl (C=O) groups is 1. The van der Waals surface area contributed by atoms with E-state index in [0.717, 1.165) is 35.8 Å². The Morgan fingerprint density at radius 1 is 1.27 bits per heavy atom. The number of aromatic nitrogens is 3. The number of carbonyl (C=O) groups excluding carboxylic acids is 1. The number of fused-ring (bicyclic) bond motifs is 1. The van der Waals surface area contributed by atoms with E-state index in [-0.39, 0.29) is 11.2 Å². The molecule has 1 amide bonds. The van der Waals surface area contributed by atoms with Gasteiger partial charge in [0.1, 0.15) is 5.76 Å². The molecule has 26 heavy (non-hydrogen) atoms. The van der Waals surface area contributed by atoms with Crippen molar-refractivity contribution in [3.63, 3.8) is 0 Å². The molecule has 0 bridgehead atoms. The molecule has 2 aromatic heterocycles. The number of furan rings is 1. The maximum atomic E-state index is 12.9. The lowest BCUT2D eigenvalue weighted by atomic mass is 10.2. The maximum absolute atomic E-state index is 12.9. The van der Waals surface area contributed by atoms with Crippen LogP contribution in [0.5, 0.6) is 0 Å². The molecule has 3 aromatic rings. The van der Waals surface area contributed by atoms with Crippen LogP contribution >= 0.6 is 11.8 Å². The first kappa shape index (κ1) is 16.9. The van der Waals surface area contributed by atoms with Gasteiger partial charge in [-0.1, -0.05) is 30.0 Å². The number of benzene rings is 1. The molecule has 1 aliphatic rings. The molecule has 4 rings (SSSR count). The second kappa shape index (κ2) is 6.64. The standard InChI is InChI=1S/C19H20N4O2S/c1-12-15(9-11-25-12)17-20-21-19(22(17)3)26-13(2)18(24)23-10-8-14-6-4-5-7-16(14)23/h4-7,9,11,13H,8,10H2,1-3H3. The molecule has 0 N–H and O–H groups in total. The van der Waals surface area contributed by atoms with Crippen molar-refractivity contribution in [3.8, 4) is 11.4 Å². The lowest BCUT2D eigenvalue weighted by Crippen LogP contribution is -2.35. The summed E-state index contributed by atoms with van der Waals surface area (Å²) < 4.78 is 7.26. The van der Waals surface area contributed by atoms with E-state index in [1.54, 1.807) is 6.26 Å². The second-order valence-electron chi connectivity index (χ2n) is 6.38. The molecular weight excluding hydrogens is 348 g/mol. The Morgan fingerprint density at radius 3 is 2.85 bits per heavy atom. The smallest absolute Gasteiger partial charge is 0.240 e. The lowest BCUT2D eigenvalue weighted by Gasteiger charge is -2.21. The third-order valence-electron chi connectivity index (χ3n) is 4.72. The van der Waals surface area contributed by atoms with E-state index in [1.165, 1.54) is 17.3 Å². The van der Waals surface area contributed by atoms with Crippen LogP contribution in [-0.2, 0) is 18.3 Å². The maximum Gasteiger partial charge on any atom is 0.240 e. The number of hydrogen-bond donors (Lipinski definition) is 0. The summed E-state index contributed by atoms with van der Waals surface area (Å²) in [4.78, 5) is 14.8. The molecule has 6 nitrogen and oxygen atoms in total. The Kier molecular flexibility index (Phi) is 4.32. The van der Waals surface area contributed by atoms with Crippen LogP contribution in [0.2, 0.25) is 0 Å². The summed E-state index contributed by atoms with van der Waals surface area (Å²) in [6.45, 7) is 4.56. The number of thioether (sulfide) groups is 1. The molecule has 0 spiro atoms. The minimum atomic E-state index is -0.248. The predicted molar refractivity (Wildman–Crippen MR) is 101 cm³/mol. The fraction of sp³-hybridized carbons (Fsp3) is 0.316. The van der Waals surface area contributed by atoms with E-state index < -0.39 is 0 Å². The van der Waals surface area contributed by atoms with Crippen LogP contribution in [0.4, 0.5) is 5.69 Å². The first-order valence-electron chi connectivity index (χ1n) is 8.56. The summed E-state index contributed by atoms with van der Waals surface area (Å²) in [6.07, 6.45) is 2.55. The van der Waals surface area contributed by atoms with Crippen LogP contribution in [0.15, 0.2) is 46.2 Å². The van der Waals surface area contributed by atoms with Gasteiger partial charge in [-0.05, 0) is 38.0 Å². The third-order valence-corrected chi connectivity index (χ3v) is 5.84.